The summed E-state index contributed by atoms with van der Waals surface area (Å²) in [5.41, 5.74) is 1.81. The number of halogens is 1. The lowest BCUT2D eigenvalue weighted by molar-refractivity contribution is 0.252. The van der Waals surface area contributed by atoms with Crippen LogP contribution in [0.15, 0.2) is 53.0 Å². The molecule has 0 aliphatic heterocycles. The van der Waals surface area contributed by atoms with E-state index in [4.69, 9.17) is 4.74 Å². The molecule has 2 aromatic carbocycles. The number of ether oxygens (including phenoxy) is 1. The van der Waals surface area contributed by atoms with Crippen molar-refractivity contribution in [1.29, 1.82) is 0 Å². The number of urea groups is 1. The Morgan fingerprint density at radius 3 is 2.62 bits per heavy atom. The number of hydrogen-bond acceptors (Lipinski definition) is 2. The van der Waals surface area contributed by atoms with Gasteiger partial charge in [0.05, 0.1) is 12.8 Å². The lowest BCUT2D eigenvalue weighted by atomic mass is 10.1. The molecule has 0 unspecified atom stereocenters. The molecular weight excluding hydrogens is 332 g/mol. The smallest absolute Gasteiger partial charge is 0.319 e. The van der Waals surface area contributed by atoms with Crippen molar-refractivity contribution in [2.24, 2.45) is 0 Å². The van der Waals surface area contributed by atoms with Crippen molar-refractivity contribution in [3.8, 4) is 5.75 Å². The molecule has 0 heterocycles. The molecule has 4 nitrogen and oxygen atoms in total. The van der Waals surface area contributed by atoms with Crippen LogP contribution in [-0.4, -0.2) is 19.7 Å². The number of hydrogen-bond donors (Lipinski definition) is 2. The molecule has 0 saturated heterocycles. The number of carbonyl (C=O) groups excluding carboxylic acids is 1. The third-order valence-corrected chi connectivity index (χ3v) is 3.77. The lowest BCUT2D eigenvalue weighted by Crippen LogP contribution is -2.30. The Balaban J connectivity index is 1.84. The van der Waals surface area contributed by atoms with Crippen LogP contribution in [-0.2, 0) is 6.42 Å². The van der Waals surface area contributed by atoms with Gasteiger partial charge in [0.15, 0.2) is 0 Å². The number of rotatable bonds is 5. The Morgan fingerprint density at radius 1 is 1.14 bits per heavy atom. The van der Waals surface area contributed by atoms with E-state index in [1.54, 1.807) is 19.2 Å². The first kappa shape index (κ1) is 15.4. The van der Waals surface area contributed by atoms with E-state index >= 15 is 0 Å². The Hall–Kier alpha value is -2.01. The predicted octanol–water partition coefficient (Wildman–Crippen LogP) is 3.82. The standard InChI is InChI=1S/C16H17BrN2O2/c1-21-15-9-5-4-8-14(15)19-16(20)18-11-10-12-6-2-3-7-13(12)17/h2-9H,10-11H2,1H3,(H2,18,19,20). The van der Waals surface area contributed by atoms with Crippen molar-refractivity contribution in [2.75, 3.05) is 19.0 Å². The van der Waals surface area contributed by atoms with Gasteiger partial charge in [-0.25, -0.2) is 4.79 Å². The van der Waals surface area contributed by atoms with Crippen molar-refractivity contribution >= 4 is 27.6 Å². The summed E-state index contributed by atoms with van der Waals surface area (Å²) in [5.74, 6) is 0.637. The molecule has 0 aliphatic carbocycles. The largest absolute Gasteiger partial charge is 0.495 e. The number of methoxy groups -OCH3 is 1. The van der Waals surface area contributed by atoms with Gasteiger partial charge in [-0.3, -0.25) is 0 Å². The Labute approximate surface area is 132 Å². The van der Waals surface area contributed by atoms with Gasteiger partial charge >= 0.3 is 6.03 Å². The predicted molar refractivity (Wildman–Crippen MR) is 87.9 cm³/mol. The van der Waals surface area contributed by atoms with Gasteiger partial charge in [-0.2, -0.15) is 0 Å². The molecule has 0 aromatic heterocycles. The number of anilines is 1. The molecule has 110 valence electrons. The Bertz CT molecular complexity index is 617. The second-order valence-corrected chi connectivity index (χ2v) is 5.28. The van der Waals surface area contributed by atoms with Crippen LogP contribution in [0, 0.1) is 0 Å². The average molecular weight is 349 g/mol. The molecule has 0 bridgehead atoms. The maximum atomic E-state index is 11.9. The summed E-state index contributed by atoms with van der Waals surface area (Å²) >= 11 is 3.49. The highest BCUT2D eigenvalue weighted by atomic mass is 79.9. The summed E-state index contributed by atoms with van der Waals surface area (Å²) in [6.45, 7) is 0.559. The minimum absolute atomic E-state index is 0.244. The van der Waals surface area contributed by atoms with Crippen LogP contribution < -0.4 is 15.4 Å². The lowest BCUT2D eigenvalue weighted by Gasteiger charge is -2.11. The van der Waals surface area contributed by atoms with Gasteiger partial charge in [-0.1, -0.05) is 46.3 Å². The van der Waals surface area contributed by atoms with Crippen LogP contribution in [0.25, 0.3) is 0 Å². The first-order valence-corrected chi connectivity index (χ1v) is 7.41. The van der Waals surface area contributed by atoms with E-state index < -0.39 is 0 Å². The molecule has 2 N–H and O–H groups in total. The monoisotopic (exact) mass is 348 g/mol. The third kappa shape index (κ3) is 4.49. The Kier molecular flexibility index (Phi) is 5.63. The number of nitrogens with one attached hydrogen (secondary N) is 2. The average Bonchev–Trinajstić information content (AvgIpc) is 2.50. The SMILES string of the molecule is COc1ccccc1NC(=O)NCCc1ccccc1Br. The minimum Gasteiger partial charge on any atom is -0.495 e. The van der Waals surface area contributed by atoms with Gasteiger partial charge in [-0.15, -0.1) is 0 Å². The first-order chi connectivity index (χ1) is 10.2. The van der Waals surface area contributed by atoms with Crippen molar-refractivity contribution in [3.05, 3.63) is 58.6 Å². The molecule has 0 fully saturated rings. The minimum atomic E-state index is -0.244. The summed E-state index contributed by atoms with van der Waals surface area (Å²) in [6, 6.07) is 15.0. The number of benzene rings is 2. The van der Waals surface area contributed by atoms with E-state index in [9.17, 15) is 4.79 Å². The third-order valence-electron chi connectivity index (χ3n) is 2.99. The zero-order valence-electron chi connectivity index (χ0n) is 11.7. The van der Waals surface area contributed by atoms with Gasteiger partial charge in [0, 0.05) is 11.0 Å². The van der Waals surface area contributed by atoms with E-state index in [0.717, 1.165) is 16.5 Å². The van der Waals surface area contributed by atoms with E-state index in [0.29, 0.717) is 18.0 Å². The van der Waals surface area contributed by atoms with Gasteiger partial charge in [0.1, 0.15) is 5.75 Å². The van der Waals surface area contributed by atoms with Crippen LogP contribution in [0.5, 0.6) is 5.75 Å². The fraction of sp³-hybridized carbons (Fsp3) is 0.188. The summed E-state index contributed by atoms with van der Waals surface area (Å²) in [4.78, 5) is 11.9. The molecule has 0 saturated carbocycles. The molecule has 0 spiro atoms. The van der Waals surface area contributed by atoms with E-state index in [2.05, 4.69) is 26.6 Å². The maximum absolute atomic E-state index is 11.9. The number of amides is 2. The molecule has 0 radical (unpaired) electrons. The molecule has 0 atom stereocenters. The summed E-state index contributed by atoms with van der Waals surface area (Å²) in [5, 5.41) is 5.61. The molecule has 2 amide bonds. The normalized spacial score (nSPS) is 10.0. The van der Waals surface area contributed by atoms with Crippen molar-refractivity contribution in [2.45, 2.75) is 6.42 Å². The van der Waals surface area contributed by atoms with Gasteiger partial charge in [0.2, 0.25) is 0 Å². The van der Waals surface area contributed by atoms with Crippen LogP contribution in [0.3, 0.4) is 0 Å². The molecule has 2 aromatic rings. The number of para-hydroxylation sites is 2. The highest BCUT2D eigenvalue weighted by Gasteiger charge is 2.06. The second-order valence-electron chi connectivity index (χ2n) is 4.42. The van der Waals surface area contributed by atoms with Crippen LogP contribution in [0.4, 0.5) is 10.5 Å². The second kappa shape index (κ2) is 7.69. The molecule has 21 heavy (non-hydrogen) atoms. The molecule has 0 aliphatic rings. The molecule has 5 heteroatoms. The van der Waals surface area contributed by atoms with E-state index in [1.807, 2.05) is 36.4 Å². The highest BCUT2D eigenvalue weighted by molar-refractivity contribution is 9.10. The molecule has 2 rings (SSSR count). The maximum Gasteiger partial charge on any atom is 0.319 e. The van der Waals surface area contributed by atoms with Gasteiger partial charge in [-0.05, 0) is 30.2 Å². The van der Waals surface area contributed by atoms with Gasteiger partial charge < -0.3 is 15.4 Å². The fourth-order valence-corrected chi connectivity index (χ4v) is 2.41. The van der Waals surface area contributed by atoms with Crippen LogP contribution in [0.1, 0.15) is 5.56 Å². The summed E-state index contributed by atoms with van der Waals surface area (Å²) < 4.78 is 6.24. The summed E-state index contributed by atoms with van der Waals surface area (Å²) in [7, 11) is 1.57. The van der Waals surface area contributed by atoms with E-state index in [1.165, 1.54) is 0 Å². The van der Waals surface area contributed by atoms with Crippen molar-refractivity contribution < 1.29 is 9.53 Å². The van der Waals surface area contributed by atoms with E-state index in [-0.39, 0.29) is 6.03 Å². The zero-order valence-corrected chi connectivity index (χ0v) is 13.3. The van der Waals surface area contributed by atoms with Crippen molar-refractivity contribution in [3.63, 3.8) is 0 Å². The molecular formula is C16H17BrN2O2. The number of carbonyl (C=O) groups is 1. The van der Waals surface area contributed by atoms with Gasteiger partial charge in [0.25, 0.3) is 0 Å². The van der Waals surface area contributed by atoms with Crippen LogP contribution >= 0.6 is 15.9 Å². The fourth-order valence-electron chi connectivity index (χ4n) is 1.93. The zero-order chi connectivity index (χ0) is 15.1. The first-order valence-electron chi connectivity index (χ1n) is 6.62. The quantitative estimate of drug-likeness (QED) is 0.862. The highest BCUT2D eigenvalue weighted by Crippen LogP contribution is 2.22. The summed E-state index contributed by atoms with van der Waals surface area (Å²) in [6.07, 6.45) is 0.765. The topological polar surface area (TPSA) is 50.4 Å². The van der Waals surface area contributed by atoms with Crippen LogP contribution in [0.2, 0.25) is 0 Å². The Morgan fingerprint density at radius 2 is 1.86 bits per heavy atom. The van der Waals surface area contributed by atoms with Crippen molar-refractivity contribution in [1.82, 2.24) is 5.32 Å².